The van der Waals surface area contributed by atoms with Gasteiger partial charge in [0.1, 0.15) is 6.54 Å². The molecule has 2 rings (SSSR count). The first-order valence-corrected chi connectivity index (χ1v) is 4.32. The predicted octanol–water partition coefficient (Wildman–Crippen LogP) is 0.398. The Labute approximate surface area is 83.8 Å². The number of hydrogen-bond donors (Lipinski definition) is 1. The van der Waals surface area contributed by atoms with Crippen LogP contribution in [0.15, 0.2) is 6.07 Å². The minimum Gasteiger partial charge on any atom is -0.468 e. The number of hydrogen-bond acceptors (Lipinski definition) is 3. The molecule has 7 heteroatoms. The van der Waals surface area contributed by atoms with E-state index in [1.165, 1.54) is 13.0 Å². The predicted molar refractivity (Wildman–Crippen MR) is 45.8 cm³/mol. The Morgan fingerprint density at radius 1 is 1.80 bits per heavy atom. The summed E-state index contributed by atoms with van der Waals surface area (Å²) in [6.07, 6.45) is -1.23. The second-order valence-corrected chi connectivity index (χ2v) is 3.41. The standard InChI is InChI=1S/C8H9F2N3O2/c1-4-8(9,10)3-13-6(15-4)2-5(12-13)7(11)14/h2,4H,3H2,1H3,(H2,11,14). The Kier molecular flexibility index (Phi) is 1.92. The molecule has 1 aromatic heterocycles. The van der Waals surface area contributed by atoms with Crippen molar-refractivity contribution in [1.82, 2.24) is 9.78 Å². The lowest BCUT2D eigenvalue weighted by Crippen LogP contribution is -2.44. The molecule has 0 bridgehead atoms. The average Bonchev–Trinajstić information content (AvgIpc) is 2.47. The van der Waals surface area contributed by atoms with Gasteiger partial charge in [-0.1, -0.05) is 0 Å². The van der Waals surface area contributed by atoms with Crippen LogP contribution in [-0.2, 0) is 6.54 Å². The van der Waals surface area contributed by atoms with E-state index in [9.17, 15) is 13.6 Å². The molecule has 1 atom stereocenters. The Morgan fingerprint density at radius 2 is 2.47 bits per heavy atom. The van der Waals surface area contributed by atoms with Crippen LogP contribution in [0.1, 0.15) is 17.4 Å². The quantitative estimate of drug-likeness (QED) is 0.740. The van der Waals surface area contributed by atoms with Gasteiger partial charge in [0, 0.05) is 6.07 Å². The Balaban J connectivity index is 2.38. The van der Waals surface area contributed by atoms with Crippen molar-refractivity contribution in [2.75, 3.05) is 0 Å². The third-order valence-electron chi connectivity index (χ3n) is 2.25. The van der Waals surface area contributed by atoms with Crippen molar-refractivity contribution in [1.29, 1.82) is 0 Å². The van der Waals surface area contributed by atoms with Gasteiger partial charge < -0.3 is 10.5 Å². The number of nitrogens with two attached hydrogens (primary N) is 1. The number of aromatic nitrogens is 2. The zero-order valence-electron chi connectivity index (χ0n) is 7.91. The van der Waals surface area contributed by atoms with Crippen LogP contribution in [0.5, 0.6) is 5.88 Å². The molecule has 2 heterocycles. The van der Waals surface area contributed by atoms with Gasteiger partial charge in [-0.15, -0.1) is 0 Å². The number of alkyl halides is 2. The monoisotopic (exact) mass is 217 g/mol. The smallest absolute Gasteiger partial charge is 0.303 e. The van der Waals surface area contributed by atoms with Crippen molar-refractivity contribution in [2.45, 2.75) is 25.5 Å². The maximum absolute atomic E-state index is 13.2. The Hall–Kier alpha value is -1.66. The van der Waals surface area contributed by atoms with E-state index in [0.29, 0.717) is 0 Å². The molecule has 5 nitrogen and oxygen atoms in total. The van der Waals surface area contributed by atoms with Crippen LogP contribution < -0.4 is 10.5 Å². The molecule has 1 aliphatic heterocycles. The van der Waals surface area contributed by atoms with Crippen LogP contribution in [0.25, 0.3) is 0 Å². The summed E-state index contributed by atoms with van der Waals surface area (Å²) in [4.78, 5) is 10.8. The largest absolute Gasteiger partial charge is 0.468 e. The molecule has 15 heavy (non-hydrogen) atoms. The van der Waals surface area contributed by atoms with Crippen molar-refractivity contribution in [3.8, 4) is 5.88 Å². The minimum atomic E-state index is -2.99. The fourth-order valence-electron chi connectivity index (χ4n) is 1.32. The first kappa shape index (κ1) is 9.88. The summed E-state index contributed by atoms with van der Waals surface area (Å²) in [5, 5.41) is 3.62. The fraction of sp³-hybridized carbons (Fsp3) is 0.500. The molecule has 1 aromatic rings. The van der Waals surface area contributed by atoms with Crippen molar-refractivity contribution in [3.05, 3.63) is 11.8 Å². The minimum absolute atomic E-state index is 0.0742. The van der Waals surface area contributed by atoms with Crippen molar-refractivity contribution in [2.24, 2.45) is 5.73 Å². The molecule has 0 radical (unpaired) electrons. The number of carbonyl (C=O) groups excluding carboxylic acids is 1. The second-order valence-electron chi connectivity index (χ2n) is 3.41. The van der Waals surface area contributed by atoms with E-state index < -0.39 is 24.5 Å². The lowest BCUT2D eigenvalue weighted by Gasteiger charge is -2.29. The van der Waals surface area contributed by atoms with Crippen molar-refractivity contribution < 1.29 is 18.3 Å². The lowest BCUT2D eigenvalue weighted by atomic mass is 10.2. The molecule has 1 unspecified atom stereocenters. The zero-order chi connectivity index (χ0) is 11.2. The fourth-order valence-corrected chi connectivity index (χ4v) is 1.32. The average molecular weight is 217 g/mol. The summed E-state index contributed by atoms with van der Waals surface area (Å²) in [7, 11) is 0. The molecule has 1 aliphatic rings. The molecule has 0 fully saturated rings. The lowest BCUT2D eigenvalue weighted by molar-refractivity contribution is -0.124. The maximum atomic E-state index is 13.2. The van der Waals surface area contributed by atoms with Gasteiger partial charge in [-0.3, -0.25) is 4.79 Å². The first-order valence-electron chi connectivity index (χ1n) is 4.32. The zero-order valence-corrected chi connectivity index (χ0v) is 7.91. The summed E-state index contributed by atoms with van der Waals surface area (Å²) in [5.41, 5.74) is 4.90. The van der Waals surface area contributed by atoms with Crippen LogP contribution in [0, 0.1) is 0 Å². The number of nitrogens with zero attached hydrogens (tertiary/aromatic N) is 2. The van der Waals surface area contributed by atoms with E-state index >= 15 is 0 Å². The van der Waals surface area contributed by atoms with Gasteiger partial charge >= 0.3 is 5.92 Å². The highest BCUT2D eigenvalue weighted by molar-refractivity contribution is 5.91. The van der Waals surface area contributed by atoms with Gasteiger partial charge in [0.2, 0.25) is 5.88 Å². The van der Waals surface area contributed by atoms with Crippen molar-refractivity contribution >= 4 is 5.91 Å². The van der Waals surface area contributed by atoms with Gasteiger partial charge in [0.05, 0.1) is 0 Å². The van der Waals surface area contributed by atoms with E-state index in [0.717, 1.165) is 4.68 Å². The molecule has 1 amide bonds. The van der Waals surface area contributed by atoms with E-state index in [-0.39, 0.29) is 11.6 Å². The molecule has 0 aromatic carbocycles. The van der Waals surface area contributed by atoms with Crippen LogP contribution in [0.4, 0.5) is 8.78 Å². The van der Waals surface area contributed by atoms with E-state index in [4.69, 9.17) is 10.5 Å². The van der Waals surface area contributed by atoms with Gasteiger partial charge in [-0.25, -0.2) is 13.5 Å². The van der Waals surface area contributed by atoms with Crippen LogP contribution in [0.2, 0.25) is 0 Å². The number of ether oxygens (including phenoxy) is 1. The van der Waals surface area contributed by atoms with E-state index in [1.54, 1.807) is 0 Å². The number of carbonyl (C=O) groups is 1. The summed E-state index contributed by atoms with van der Waals surface area (Å²) in [6.45, 7) is 0.664. The molecule has 82 valence electrons. The summed E-state index contributed by atoms with van der Waals surface area (Å²) < 4.78 is 32.2. The topological polar surface area (TPSA) is 70.1 Å². The number of fused-ring (bicyclic) bond motifs is 1. The second kappa shape index (κ2) is 2.91. The third-order valence-corrected chi connectivity index (χ3v) is 2.25. The third kappa shape index (κ3) is 1.53. The van der Waals surface area contributed by atoms with E-state index in [1.807, 2.05) is 0 Å². The first-order chi connectivity index (χ1) is 6.90. The summed E-state index contributed by atoms with van der Waals surface area (Å²) in [6, 6.07) is 1.26. The van der Waals surface area contributed by atoms with Crippen molar-refractivity contribution in [3.63, 3.8) is 0 Å². The molecule has 0 saturated carbocycles. The molecule has 0 spiro atoms. The number of amides is 1. The van der Waals surface area contributed by atoms with E-state index in [2.05, 4.69) is 5.10 Å². The van der Waals surface area contributed by atoms with Gasteiger partial charge in [-0.05, 0) is 6.92 Å². The summed E-state index contributed by atoms with van der Waals surface area (Å²) >= 11 is 0. The number of halogens is 2. The molecule has 0 saturated heterocycles. The molecular formula is C8H9F2N3O2. The SMILES string of the molecule is CC1Oc2cc(C(N)=O)nn2CC1(F)F. The van der Waals surface area contributed by atoms with Crippen LogP contribution in [-0.4, -0.2) is 27.7 Å². The van der Waals surface area contributed by atoms with Crippen LogP contribution in [0.3, 0.4) is 0 Å². The summed E-state index contributed by atoms with van der Waals surface area (Å²) in [5.74, 6) is -3.62. The molecule has 2 N–H and O–H groups in total. The van der Waals surface area contributed by atoms with Gasteiger partial charge in [-0.2, -0.15) is 5.10 Å². The molecular weight excluding hydrogens is 208 g/mol. The highest BCUT2D eigenvalue weighted by Gasteiger charge is 2.44. The maximum Gasteiger partial charge on any atom is 0.303 e. The Bertz CT molecular complexity index is 416. The van der Waals surface area contributed by atoms with Gasteiger partial charge in [0.15, 0.2) is 11.8 Å². The number of primary amides is 1. The van der Waals surface area contributed by atoms with Gasteiger partial charge in [0.25, 0.3) is 5.91 Å². The normalized spacial score (nSPS) is 23.0. The Morgan fingerprint density at radius 3 is 3.07 bits per heavy atom. The molecule has 0 aliphatic carbocycles. The number of rotatable bonds is 1. The highest BCUT2D eigenvalue weighted by atomic mass is 19.3. The highest BCUT2D eigenvalue weighted by Crippen LogP contribution is 2.32. The van der Waals surface area contributed by atoms with Crippen LogP contribution >= 0.6 is 0 Å².